The molecule has 1 aromatic carbocycles. The molecule has 6 heteroatoms. The molecule has 1 saturated heterocycles. The fourth-order valence-electron chi connectivity index (χ4n) is 2.94. The third-order valence-corrected chi connectivity index (χ3v) is 4.19. The van der Waals surface area contributed by atoms with E-state index in [1.54, 1.807) is 6.07 Å². The molecule has 1 aromatic rings. The minimum atomic E-state index is -0.273. The van der Waals surface area contributed by atoms with Gasteiger partial charge in [-0.1, -0.05) is 12.1 Å². The van der Waals surface area contributed by atoms with Crippen LogP contribution >= 0.6 is 0 Å². The van der Waals surface area contributed by atoms with E-state index in [9.17, 15) is 14.0 Å². The van der Waals surface area contributed by atoms with Gasteiger partial charge in [0.2, 0.25) is 5.91 Å². The van der Waals surface area contributed by atoms with Crippen molar-refractivity contribution in [1.29, 1.82) is 0 Å². The van der Waals surface area contributed by atoms with Crippen molar-refractivity contribution in [3.8, 4) is 0 Å². The lowest BCUT2D eigenvalue weighted by atomic mass is 10.0. The predicted octanol–water partition coefficient (Wildman–Crippen LogP) is 2.85. The molecule has 1 aliphatic heterocycles. The van der Waals surface area contributed by atoms with Gasteiger partial charge in [0.1, 0.15) is 5.82 Å². The Morgan fingerprint density at radius 2 is 1.92 bits per heavy atom. The van der Waals surface area contributed by atoms with E-state index in [1.165, 1.54) is 12.1 Å². The number of benzene rings is 1. The number of aryl methyl sites for hydroxylation is 1. The van der Waals surface area contributed by atoms with Crippen molar-refractivity contribution < 1.29 is 14.0 Å². The van der Waals surface area contributed by atoms with E-state index in [0.29, 0.717) is 25.9 Å². The Bertz CT molecular complexity index is 605. The molecule has 3 amide bonds. The Morgan fingerprint density at radius 3 is 2.52 bits per heavy atom. The topological polar surface area (TPSA) is 61.4 Å². The molecule has 138 valence electrons. The highest BCUT2D eigenvalue weighted by Crippen LogP contribution is 2.14. The molecule has 0 aliphatic carbocycles. The summed E-state index contributed by atoms with van der Waals surface area (Å²) in [6, 6.07) is 6.30. The molecule has 1 fully saturated rings. The zero-order valence-corrected chi connectivity index (χ0v) is 15.3. The number of nitrogens with one attached hydrogen (secondary N) is 2. The van der Waals surface area contributed by atoms with Crippen molar-refractivity contribution >= 4 is 11.9 Å². The number of carbonyl (C=O) groups excluding carboxylic acids is 2. The number of amides is 3. The van der Waals surface area contributed by atoms with E-state index < -0.39 is 0 Å². The molecule has 2 N–H and O–H groups in total. The first-order chi connectivity index (χ1) is 11.7. The van der Waals surface area contributed by atoms with Crippen LogP contribution in [0, 0.1) is 5.82 Å². The van der Waals surface area contributed by atoms with Crippen LogP contribution in [0.25, 0.3) is 0 Å². The predicted molar refractivity (Wildman–Crippen MR) is 95.7 cm³/mol. The maximum atomic E-state index is 13.2. The molecule has 25 heavy (non-hydrogen) atoms. The molecule has 0 saturated carbocycles. The molecule has 0 spiro atoms. The van der Waals surface area contributed by atoms with Gasteiger partial charge < -0.3 is 15.5 Å². The lowest BCUT2D eigenvalue weighted by Crippen LogP contribution is -2.52. The number of hydrogen-bond donors (Lipinski definition) is 2. The minimum absolute atomic E-state index is 0.0851. The van der Waals surface area contributed by atoms with Gasteiger partial charge in [-0.15, -0.1) is 0 Å². The first-order valence-electron chi connectivity index (χ1n) is 8.84. The smallest absolute Gasteiger partial charge is 0.315 e. The minimum Gasteiger partial charge on any atom is -0.343 e. The molecule has 0 bridgehead atoms. The summed E-state index contributed by atoms with van der Waals surface area (Å²) in [5.41, 5.74) is 0.571. The zero-order valence-electron chi connectivity index (χ0n) is 15.3. The number of hydrogen-bond acceptors (Lipinski definition) is 2. The van der Waals surface area contributed by atoms with Gasteiger partial charge >= 0.3 is 6.03 Å². The van der Waals surface area contributed by atoms with Crippen molar-refractivity contribution in [2.45, 2.75) is 58.0 Å². The van der Waals surface area contributed by atoms with Crippen molar-refractivity contribution in [2.24, 2.45) is 0 Å². The van der Waals surface area contributed by atoms with Gasteiger partial charge in [0.05, 0.1) is 0 Å². The van der Waals surface area contributed by atoms with Crippen LogP contribution in [0.5, 0.6) is 0 Å². The monoisotopic (exact) mass is 349 g/mol. The van der Waals surface area contributed by atoms with Crippen LogP contribution in [0.15, 0.2) is 24.3 Å². The van der Waals surface area contributed by atoms with Crippen LogP contribution in [-0.4, -0.2) is 41.5 Å². The Balaban J connectivity index is 1.72. The quantitative estimate of drug-likeness (QED) is 0.878. The highest BCUT2D eigenvalue weighted by molar-refractivity contribution is 5.77. The number of rotatable bonds is 4. The molecular formula is C19H28FN3O2. The first-order valence-corrected chi connectivity index (χ1v) is 8.84. The van der Waals surface area contributed by atoms with Crippen molar-refractivity contribution in [1.82, 2.24) is 15.5 Å². The second kappa shape index (κ2) is 8.32. The number of urea groups is 1. The van der Waals surface area contributed by atoms with Gasteiger partial charge in [-0.2, -0.15) is 0 Å². The normalized spacial score (nSPS) is 15.8. The van der Waals surface area contributed by atoms with Crippen molar-refractivity contribution in [3.05, 3.63) is 35.6 Å². The lowest BCUT2D eigenvalue weighted by molar-refractivity contribution is -0.132. The molecule has 1 aliphatic rings. The van der Waals surface area contributed by atoms with Gasteiger partial charge in [-0.05, 0) is 57.7 Å². The number of halogens is 1. The van der Waals surface area contributed by atoms with Crippen LogP contribution in [0.1, 0.15) is 45.6 Å². The Kier molecular flexibility index (Phi) is 6.39. The fourth-order valence-corrected chi connectivity index (χ4v) is 2.94. The summed E-state index contributed by atoms with van der Waals surface area (Å²) >= 11 is 0. The van der Waals surface area contributed by atoms with Crippen LogP contribution in [0.4, 0.5) is 9.18 Å². The van der Waals surface area contributed by atoms with Crippen LogP contribution < -0.4 is 10.6 Å². The average molecular weight is 349 g/mol. The maximum Gasteiger partial charge on any atom is 0.315 e. The van der Waals surface area contributed by atoms with Gasteiger partial charge in [0.25, 0.3) is 0 Å². The molecule has 0 unspecified atom stereocenters. The third-order valence-electron chi connectivity index (χ3n) is 4.19. The highest BCUT2D eigenvalue weighted by Gasteiger charge is 2.24. The van der Waals surface area contributed by atoms with Crippen LogP contribution in [0.2, 0.25) is 0 Å². The Morgan fingerprint density at radius 1 is 1.24 bits per heavy atom. The molecule has 0 aromatic heterocycles. The van der Waals surface area contributed by atoms with Gasteiger partial charge in [-0.3, -0.25) is 4.79 Å². The zero-order chi connectivity index (χ0) is 18.4. The second-order valence-electron chi connectivity index (χ2n) is 7.63. The molecular weight excluding hydrogens is 321 g/mol. The SMILES string of the molecule is CC(C)(C)NC(=O)NC1CCN(C(=O)CCc2cccc(F)c2)CC1. The second-order valence-corrected chi connectivity index (χ2v) is 7.63. The van der Waals surface area contributed by atoms with E-state index >= 15 is 0 Å². The summed E-state index contributed by atoms with van der Waals surface area (Å²) in [6.45, 7) is 7.09. The summed E-state index contributed by atoms with van der Waals surface area (Å²) < 4.78 is 13.2. The third kappa shape index (κ3) is 6.72. The molecule has 0 radical (unpaired) electrons. The van der Waals surface area contributed by atoms with Gasteiger partial charge in [0.15, 0.2) is 0 Å². The number of likely N-dealkylation sites (tertiary alicyclic amines) is 1. The van der Waals surface area contributed by atoms with E-state index in [2.05, 4.69) is 10.6 Å². The largest absolute Gasteiger partial charge is 0.343 e. The van der Waals surface area contributed by atoms with E-state index in [-0.39, 0.29) is 29.3 Å². The lowest BCUT2D eigenvalue weighted by Gasteiger charge is -2.33. The molecule has 0 atom stereocenters. The standard InChI is InChI=1S/C19H28FN3O2/c1-19(2,3)22-18(25)21-16-9-11-23(12-10-16)17(24)8-7-14-5-4-6-15(20)13-14/h4-6,13,16H,7-12H2,1-3H3,(H2,21,22,25). The Hall–Kier alpha value is -2.11. The van der Waals surface area contributed by atoms with Crippen molar-refractivity contribution in [3.63, 3.8) is 0 Å². The fraction of sp³-hybridized carbons (Fsp3) is 0.579. The summed E-state index contributed by atoms with van der Waals surface area (Å²) in [6.07, 6.45) is 2.43. The summed E-state index contributed by atoms with van der Waals surface area (Å²) in [7, 11) is 0. The van der Waals surface area contributed by atoms with E-state index in [0.717, 1.165) is 18.4 Å². The first kappa shape index (κ1) is 19.2. The van der Waals surface area contributed by atoms with Gasteiger partial charge in [0, 0.05) is 31.1 Å². The number of nitrogens with zero attached hydrogens (tertiary/aromatic N) is 1. The van der Waals surface area contributed by atoms with E-state index in [1.807, 2.05) is 31.7 Å². The molecule has 2 rings (SSSR count). The number of piperidine rings is 1. The maximum absolute atomic E-state index is 13.2. The van der Waals surface area contributed by atoms with Crippen LogP contribution in [-0.2, 0) is 11.2 Å². The summed E-state index contributed by atoms with van der Waals surface area (Å²) in [5.74, 6) is -0.188. The average Bonchev–Trinajstić information content (AvgIpc) is 2.51. The van der Waals surface area contributed by atoms with E-state index in [4.69, 9.17) is 0 Å². The Labute approximate surface area is 149 Å². The number of carbonyl (C=O) groups is 2. The van der Waals surface area contributed by atoms with Gasteiger partial charge in [-0.25, -0.2) is 9.18 Å². The summed E-state index contributed by atoms with van der Waals surface area (Å²) in [4.78, 5) is 26.0. The summed E-state index contributed by atoms with van der Waals surface area (Å²) in [5, 5.41) is 5.85. The molecule has 5 nitrogen and oxygen atoms in total. The molecule has 1 heterocycles. The highest BCUT2D eigenvalue weighted by atomic mass is 19.1. The van der Waals surface area contributed by atoms with Crippen molar-refractivity contribution in [2.75, 3.05) is 13.1 Å². The van der Waals surface area contributed by atoms with Crippen LogP contribution in [0.3, 0.4) is 0 Å².